The quantitative estimate of drug-likeness (QED) is 0.336. The van der Waals surface area contributed by atoms with Crippen LogP contribution >= 0.6 is 0 Å². The van der Waals surface area contributed by atoms with Gasteiger partial charge in [0.1, 0.15) is 5.60 Å². The Kier molecular flexibility index (Phi) is 11.5. The van der Waals surface area contributed by atoms with Crippen molar-refractivity contribution in [2.45, 2.75) is 84.7 Å². The first kappa shape index (κ1) is 32.8. The number of rotatable bonds is 11. The molecule has 3 atom stereocenters. The van der Waals surface area contributed by atoms with Gasteiger partial charge in [0.25, 0.3) is 0 Å². The van der Waals surface area contributed by atoms with E-state index in [1.807, 2.05) is 48.8 Å². The minimum atomic E-state index is -0.493. The smallest absolute Gasteiger partial charge is 0.410 e. The lowest BCUT2D eigenvalue weighted by Gasteiger charge is -2.34. The lowest BCUT2D eigenvalue weighted by molar-refractivity contribution is -0.144. The third-order valence-electron chi connectivity index (χ3n) is 9.22. The standard InChI is InChI=1S/C34H51N3O6/c1-5-42-30(38)17-22-35(18-13-25-9-7-6-8-10-25)31(39)27-11-12-28-24-37(32(40)29(28)23-27)21-16-26-14-19-36(20-15-26)33(41)43-34(2,3)4/h6-10,26-29H,5,11-24H2,1-4H3. The number of carbonyl (C=O) groups is 4. The molecule has 2 heterocycles. The van der Waals surface area contributed by atoms with Crippen LogP contribution in [-0.2, 0) is 30.3 Å². The molecular weight excluding hydrogens is 546 g/mol. The van der Waals surface area contributed by atoms with E-state index in [9.17, 15) is 19.2 Å². The predicted molar refractivity (Wildman–Crippen MR) is 164 cm³/mol. The Morgan fingerprint density at radius 1 is 1.00 bits per heavy atom. The molecule has 3 fully saturated rings. The van der Waals surface area contributed by atoms with Gasteiger partial charge in [-0.1, -0.05) is 30.3 Å². The van der Waals surface area contributed by atoms with Crippen LogP contribution in [0, 0.1) is 23.7 Å². The molecule has 1 aliphatic carbocycles. The zero-order valence-electron chi connectivity index (χ0n) is 26.6. The van der Waals surface area contributed by atoms with E-state index >= 15 is 0 Å². The maximum Gasteiger partial charge on any atom is 0.410 e. The molecule has 0 aromatic heterocycles. The highest BCUT2D eigenvalue weighted by Crippen LogP contribution is 2.41. The molecule has 1 aromatic rings. The van der Waals surface area contributed by atoms with Crippen LogP contribution in [-0.4, -0.2) is 90.1 Å². The molecule has 0 radical (unpaired) electrons. The Morgan fingerprint density at radius 3 is 2.40 bits per heavy atom. The Balaban J connectivity index is 1.27. The van der Waals surface area contributed by atoms with Gasteiger partial charge in [0.2, 0.25) is 11.8 Å². The van der Waals surface area contributed by atoms with Crippen LogP contribution in [0.2, 0.25) is 0 Å². The second-order valence-electron chi connectivity index (χ2n) is 13.5. The molecule has 2 saturated heterocycles. The number of fused-ring (bicyclic) bond motifs is 1. The van der Waals surface area contributed by atoms with Gasteiger partial charge in [0.05, 0.1) is 13.0 Å². The minimum Gasteiger partial charge on any atom is -0.466 e. The highest BCUT2D eigenvalue weighted by atomic mass is 16.6. The van der Waals surface area contributed by atoms with Crippen molar-refractivity contribution in [2.24, 2.45) is 23.7 Å². The van der Waals surface area contributed by atoms with Gasteiger partial charge in [0.15, 0.2) is 0 Å². The Bertz CT molecular complexity index is 1100. The van der Waals surface area contributed by atoms with Gasteiger partial charge in [0, 0.05) is 51.1 Å². The summed E-state index contributed by atoms with van der Waals surface area (Å²) in [6.45, 7) is 11.5. The number of piperidine rings is 1. The number of hydrogen-bond acceptors (Lipinski definition) is 6. The molecule has 3 amide bonds. The highest BCUT2D eigenvalue weighted by Gasteiger charge is 2.46. The molecule has 43 heavy (non-hydrogen) atoms. The summed E-state index contributed by atoms with van der Waals surface area (Å²) in [7, 11) is 0. The summed E-state index contributed by atoms with van der Waals surface area (Å²) in [6, 6.07) is 10.1. The van der Waals surface area contributed by atoms with Gasteiger partial charge < -0.3 is 24.2 Å². The van der Waals surface area contributed by atoms with E-state index in [2.05, 4.69) is 12.1 Å². The highest BCUT2D eigenvalue weighted by molar-refractivity contribution is 5.84. The lowest BCUT2D eigenvalue weighted by Crippen LogP contribution is -2.42. The maximum atomic E-state index is 13.8. The van der Waals surface area contributed by atoms with Crippen molar-refractivity contribution >= 4 is 23.9 Å². The van der Waals surface area contributed by atoms with Crippen LogP contribution in [0.1, 0.15) is 78.2 Å². The van der Waals surface area contributed by atoms with Gasteiger partial charge in [-0.15, -0.1) is 0 Å². The molecule has 9 heteroatoms. The second kappa shape index (κ2) is 15.1. The van der Waals surface area contributed by atoms with Gasteiger partial charge in [-0.25, -0.2) is 4.79 Å². The first-order valence-corrected chi connectivity index (χ1v) is 16.3. The van der Waals surface area contributed by atoms with Crippen LogP contribution in [0.3, 0.4) is 0 Å². The summed E-state index contributed by atoms with van der Waals surface area (Å²) in [5.41, 5.74) is 0.658. The van der Waals surface area contributed by atoms with Crippen LogP contribution in [0.4, 0.5) is 4.79 Å². The van der Waals surface area contributed by atoms with Gasteiger partial charge in [-0.05, 0) is 90.0 Å². The molecule has 9 nitrogen and oxygen atoms in total. The molecule has 1 aromatic carbocycles. The van der Waals surface area contributed by atoms with E-state index in [1.54, 1.807) is 11.8 Å². The summed E-state index contributed by atoms with van der Waals surface area (Å²) >= 11 is 0. The molecule has 4 rings (SSSR count). The van der Waals surface area contributed by atoms with Crippen molar-refractivity contribution in [3.63, 3.8) is 0 Å². The third-order valence-corrected chi connectivity index (χ3v) is 9.22. The number of nitrogens with zero attached hydrogens (tertiary/aromatic N) is 3. The second-order valence-corrected chi connectivity index (χ2v) is 13.5. The molecule has 0 bridgehead atoms. The first-order valence-electron chi connectivity index (χ1n) is 16.3. The number of carbonyl (C=O) groups excluding carboxylic acids is 4. The zero-order chi connectivity index (χ0) is 31.0. The molecule has 3 aliphatic rings. The van der Waals surface area contributed by atoms with E-state index in [0.29, 0.717) is 51.0 Å². The van der Waals surface area contributed by atoms with Crippen LogP contribution in [0.15, 0.2) is 30.3 Å². The molecular formula is C34H51N3O6. The third kappa shape index (κ3) is 9.44. The van der Waals surface area contributed by atoms with Crippen molar-refractivity contribution in [2.75, 3.05) is 45.9 Å². The van der Waals surface area contributed by atoms with Crippen molar-refractivity contribution in [1.82, 2.24) is 14.7 Å². The van der Waals surface area contributed by atoms with E-state index in [4.69, 9.17) is 9.47 Å². The largest absolute Gasteiger partial charge is 0.466 e. The Hall–Kier alpha value is -3.10. The molecule has 3 unspecified atom stereocenters. The fourth-order valence-corrected chi connectivity index (χ4v) is 6.82. The summed E-state index contributed by atoms with van der Waals surface area (Å²) in [4.78, 5) is 57.4. The fraction of sp³-hybridized carbons (Fsp3) is 0.706. The summed E-state index contributed by atoms with van der Waals surface area (Å²) in [5, 5.41) is 0. The van der Waals surface area contributed by atoms with E-state index < -0.39 is 5.60 Å². The SMILES string of the molecule is CCOC(=O)CCN(CCc1ccccc1)C(=O)C1CCC2CN(CCC3CCN(C(=O)OC(C)(C)C)CC3)C(=O)C2C1. The average Bonchev–Trinajstić information content (AvgIpc) is 3.30. The van der Waals surface area contributed by atoms with Crippen molar-refractivity contribution < 1.29 is 28.7 Å². The average molecular weight is 598 g/mol. The zero-order valence-corrected chi connectivity index (χ0v) is 26.6. The number of ether oxygens (including phenoxy) is 2. The number of hydrogen-bond donors (Lipinski definition) is 0. The van der Waals surface area contributed by atoms with Crippen molar-refractivity contribution in [3.8, 4) is 0 Å². The number of amides is 3. The summed E-state index contributed by atoms with van der Waals surface area (Å²) in [5.74, 6) is 0.459. The number of benzene rings is 1. The molecule has 2 aliphatic heterocycles. The Labute approximate surface area is 257 Å². The molecule has 0 N–H and O–H groups in total. The number of esters is 1. The van der Waals surface area contributed by atoms with E-state index in [0.717, 1.165) is 57.2 Å². The molecule has 0 spiro atoms. The van der Waals surface area contributed by atoms with Gasteiger partial charge in [-0.2, -0.15) is 0 Å². The summed E-state index contributed by atoms with van der Waals surface area (Å²) < 4.78 is 10.6. The molecule has 238 valence electrons. The topological polar surface area (TPSA) is 96.5 Å². The maximum absolute atomic E-state index is 13.8. The first-order chi connectivity index (χ1) is 20.5. The van der Waals surface area contributed by atoms with Crippen molar-refractivity contribution in [3.05, 3.63) is 35.9 Å². The lowest BCUT2D eigenvalue weighted by atomic mass is 9.75. The van der Waals surface area contributed by atoms with Crippen LogP contribution in [0.5, 0.6) is 0 Å². The van der Waals surface area contributed by atoms with Gasteiger partial charge >= 0.3 is 12.1 Å². The van der Waals surface area contributed by atoms with E-state index in [-0.39, 0.29) is 42.1 Å². The summed E-state index contributed by atoms with van der Waals surface area (Å²) in [6.07, 6.45) is 5.70. The van der Waals surface area contributed by atoms with Crippen LogP contribution in [0.25, 0.3) is 0 Å². The molecule has 1 saturated carbocycles. The monoisotopic (exact) mass is 597 g/mol. The fourth-order valence-electron chi connectivity index (χ4n) is 6.82. The van der Waals surface area contributed by atoms with Gasteiger partial charge in [-0.3, -0.25) is 14.4 Å². The van der Waals surface area contributed by atoms with Crippen LogP contribution < -0.4 is 0 Å². The number of likely N-dealkylation sites (tertiary alicyclic amines) is 2. The minimum absolute atomic E-state index is 0.0571. The van der Waals surface area contributed by atoms with Crippen molar-refractivity contribution in [1.29, 1.82) is 0 Å². The Morgan fingerprint density at radius 2 is 1.72 bits per heavy atom. The normalized spacial score (nSPS) is 22.7. The van der Waals surface area contributed by atoms with E-state index in [1.165, 1.54) is 0 Å². The predicted octanol–water partition coefficient (Wildman–Crippen LogP) is 4.92.